The van der Waals surface area contributed by atoms with Crippen LogP contribution in [0.3, 0.4) is 0 Å². The SMILES string of the molecule is CC(C)CCC(=O)NC1C=CC(C(=O)O)C1. The van der Waals surface area contributed by atoms with Gasteiger partial charge in [0.2, 0.25) is 5.91 Å². The van der Waals surface area contributed by atoms with Gasteiger partial charge < -0.3 is 10.4 Å². The molecule has 0 fully saturated rings. The van der Waals surface area contributed by atoms with Gasteiger partial charge in [0, 0.05) is 12.5 Å². The molecule has 0 aromatic rings. The summed E-state index contributed by atoms with van der Waals surface area (Å²) >= 11 is 0. The van der Waals surface area contributed by atoms with Crippen LogP contribution < -0.4 is 5.32 Å². The number of carbonyl (C=O) groups is 2. The van der Waals surface area contributed by atoms with Gasteiger partial charge in [-0.05, 0) is 18.8 Å². The summed E-state index contributed by atoms with van der Waals surface area (Å²) in [7, 11) is 0. The molecule has 4 nitrogen and oxygen atoms in total. The molecular weight excluding hydrogens is 206 g/mol. The zero-order valence-electron chi connectivity index (χ0n) is 9.77. The zero-order valence-corrected chi connectivity index (χ0v) is 9.77. The smallest absolute Gasteiger partial charge is 0.310 e. The molecule has 0 radical (unpaired) electrons. The molecule has 2 atom stereocenters. The molecule has 4 heteroatoms. The van der Waals surface area contributed by atoms with E-state index in [4.69, 9.17) is 5.11 Å². The van der Waals surface area contributed by atoms with Gasteiger partial charge >= 0.3 is 5.97 Å². The second-order valence-electron chi connectivity index (χ2n) is 4.67. The van der Waals surface area contributed by atoms with Crippen molar-refractivity contribution in [3.8, 4) is 0 Å². The van der Waals surface area contributed by atoms with Crippen LogP contribution in [0.15, 0.2) is 12.2 Å². The van der Waals surface area contributed by atoms with Crippen LogP contribution >= 0.6 is 0 Å². The molecule has 0 aromatic carbocycles. The lowest BCUT2D eigenvalue weighted by Crippen LogP contribution is -2.33. The average molecular weight is 225 g/mol. The Hall–Kier alpha value is -1.32. The van der Waals surface area contributed by atoms with Gasteiger partial charge in [0.1, 0.15) is 0 Å². The Bertz CT molecular complexity index is 297. The van der Waals surface area contributed by atoms with Crippen LogP contribution in [0.4, 0.5) is 0 Å². The molecule has 1 rings (SSSR count). The van der Waals surface area contributed by atoms with Crippen molar-refractivity contribution in [3.63, 3.8) is 0 Å². The minimum atomic E-state index is -0.824. The summed E-state index contributed by atoms with van der Waals surface area (Å²) in [5, 5.41) is 11.6. The van der Waals surface area contributed by atoms with Gasteiger partial charge in [0.15, 0.2) is 0 Å². The molecule has 0 saturated heterocycles. The zero-order chi connectivity index (χ0) is 12.1. The quantitative estimate of drug-likeness (QED) is 0.698. The van der Waals surface area contributed by atoms with E-state index in [-0.39, 0.29) is 11.9 Å². The maximum absolute atomic E-state index is 11.5. The van der Waals surface area contributed by atoms with Crippen LogP contribution in [0.2, 0.25) is 0 Å². The summed E-state index contributed by atoms with van der Waals surface area (Å²) < 4.78 is 0. The monoisotopic (exact) mass is 225 g/mol. The number of carboxylic acid groups (broad SMARTS) is 1. The molecular formula is C12H19NO3. The molecule has 1 aliphatic carbocycles. The van der Waals surface area contributed by atoms with Gasteiger partial charge in [-0.3, -0.25) is 9.59 Å². The van der Waals surface area contributed by atoms with Gasteiger partial charge in [-0.15, -0.1) is 0 Å². The first kappa shape index (κ1) is 12.7. The van der Waals surface area contributed by atoms with Crippen molar-refractivity contribution in [1.82, 2.24) is 5.32 Å². The summed E-state index contributed by atoms with van der Waals surface area (Å²) in [4.78, 5) is 22.2. The Morgan fingerprint density at radius 1 is 1.44 bits per heavy atom. The topological polar surface area (TPSA) is 66.4 Å². The van der Waals surface area contributed by atoms with E-state index >= 15 is 0 Å². The number of carbonyl (C=O) groups excluding carboxylic acids is 1. The molecule has 1 amide bonds. The van der Waals surface area contributed by atoms with E-state index in [1.54, 1.807) is 12.2 Å². The predicted molar refractivity (Wildman–Crippen MR) is 60.9 cm³/mol. The number of rotatable bonds is 5. The normalized spacial score (nSPS) is 23.7. The average Bonchev–Trinajstić information content (AvgIpc) is 2.63. The minimum absolute atomic E-state index is 0.00869. The summed E-state index contributed by atoms with van der Waals surface area (Å²) in [6.45, 7) is 4.15. The molecule has 0 aromatic heterocycles. The maximum atomic E-state index is 11.5. The molecule has 2 N–H and O–H groups in total. The van der Waals surface area contributed by atoms with E-state index in [1.807, 2.05) is 0 Å². The van der Waals surface area contributed by atoms with Gasteiger partial charge in [-0.25, -0.2) is 0 Å². The van der Waals surface area contributed by atoms with Gasteiger partial charge in [-0.2, -0.15) is 0 Å². The second-order valence-corrected chi connectivity index (χ2v) is 4.67. The first-order valence-electron chi connectivity index (χ1n) is 5.69. The van der Waals surface area contributed by atoms with Crippen molar-refractivity contribution in [2.45, 2.75) is 39.2 Å². The molecule has 16 heavy (non-hydrogen) atoms. The number of hydrogen-bond acceptors (Lipinski definition) is 2. The largest absolute Gasteiger partial charge is 0.481 e. The van der Waals surface area contributed by atoms with E-state index in [2.05, 4.69) is 19.2 Å². The van der Waals surface area contributed by atoms with E-state index in [0.717, 1.165) is 6.42 Å². The lowest BCUT2D eigenvalue weighted by Gasteiger charge is -2.12. The van der Waals surface area contributed by atoms with Crippen LogP contribution in [-0.4, -0.2) is 23.0 Å². The van der Waals surface area contributed by atoms with E-state index < -0.39 is 11.9 Å². The third-order valence-electron chi connectivity index (χ3n) is 2.70. The van der Waals surface area contributed by atoms with Crippen molar-refractivity contribution in [3.05, 3.63) is 12.2 Å². The lowest BCUT2D eigenvalue weighted by molar-refractivity contribution is -0.140. The number of amides is 1. The predicted octanol–water partition coefficient (Wildman–Crippen LogP) is 1.57. The van der Waals surface area contributed by atoms with E-state index in [9.17, 15) is 9.59 Å². The second kappa shape index (κ2) is 5.68. The fraction of sp³-hybridized carbons (Fsp3) is 0.667. The first-order valence-corrected chi connectivity index (χ1v) is 5.69. The fourth-order valence-corrected chi connectivity index (χ4v) is 1.69. The van der Waals surface area contributed by atoms with Crippen molar-refractivity contribution < 1.29 is 14.7 Å². The Balaban J connectivity index is 2.27. The highest BCUT2D eigenvalue weighted by Gasteiger charge is 2.25. The van der Waals surface area contributed by atoms with Crippen molar-refractivity contribution in [2.24, 2.45) is 11.8 Å². The van der Waals surface area contributed by atoms with Crippen LogP contribution in [0.5, 0.6) is 0 Å². The van der Waals surface area contributed by atoms with Crippen molar-refractivity contribution in [1.29, 1.82) is 0 Å². The highest BCUT2D eigenvalue weighted by molar-refractivity contribution is 5.77. The highest BCUT2D eigenvalue weighted by Crippen LogP contribution is 2.18. The number of aliphatic carboxylic acids is 1. The molecule has 2 unspecified atom stereocenters. The third-order valence-corrected chi connectivity index (χ3v) is 2.70. The van der Waals surface area contributed by atoms with Crippen LogP contribution in [0, 0.1) is 11.8 Å². The van der Waals surface area contributed by atoms with Crippen LogP contribution in [0.1, 0.15) is 33.1 Å². The molecule has 0 spiro atoms. The van der Waals surface area contributed by atoms with Gasteiger partial charge in [0.25, 0.3) is 0 Å². The summed E-state index contributed by atoms with van der Waals surface area (Å²) in [5.41, 5.74) is 0. The van der Waals surface area contributed by atoms with Crippen LogP contribution in [-0.2, 0) is 9.59 Å². The van der Waals surface area contributed by atoms with Crippen molar-refractivity contribution >= 4 is 11.9 Å². The first-order chi connectivity index (χ1) is 7.49. The molecule has 1 aliphatic rings. The van der Waals surface area contributed by atoms with Gasteiger partial charge in [-0.1, -0.05) is 26.0 Å². The Morgan fingerprint density at radius 2 is 2.12 bits per heavy atom. The molecule has 0 heterocycles. The number of carboxylic acids is 1. The van der Waals surface area contributed by atoms with Crippen molar-refractivity contribution in [2.75, 3.05) is 0 Å². The third kappa shape index (κ3) is 4.04. The Morgan fingerprint density at radius 3 is 2.62 bits per heavy atom. The molecule has 0 saturated carbocycles. The summed E-state index contributed by atoms with van der Waals surface area (Å²) in [6, 6.07) is -0.110. The van der Waals surface area contributed by atoms with E-state index in [0.29, 0.717) is 18.8 Å². The molecule has 90 valence electrons. The summed E-state index contributed by atoms with van der Waals surface area (Å²) in [6.07, 6.45) is 5.27. The number of hydrogen-bond donors (Lipinski definition) is 2. The Labute approximate surface area is 95.7 Å². The standard InChI is InChI=1S/C12H19NO3/c1-8(2)3-6-11(14)13-10-5-4-9(7-10)12(15)16/h4-5,8-10H,3,6-7H2,1-2H3,(H,13,14)(H,15,16). The summed E-state index contributed by atoms with van der Waals surface area (Å²) in [5.74, 6) is -0.753. The highest BCUT2D eigenvalue weighted by atomic mass is 16.4. The van der Waals surface area contributed by atoms with E-state index in [1.165, 1.54) is 0 Å². The molecule has 0 bridgehead atoms. The molecule has 0 aliphatic heterocycles. The van der Waals surface area contributed by atoms with Crippen LogP contribution in [0.25, 0.3) is 0 Å². The number of nitrogens with one attached hydrogen (secondary N) is 1. The van der Waals surface area contributed by atoms with Gasteiger partial charge in [0.05, 0.1) is 5.92 Å². The minimum Gasteiger partial charge on any atom is -0.481 e. The lowest BCUT2D eigenvalue weighted by atomic mass is 10.1. The Kier molecular flexibility index (Phi) is 4.52. The maximum Gasteiger partial charge on any atom is 0.310 e. The fourth-order valence-electron chi connectivity index (χ4n) is 1.69.